The van der Waals surface area contributed by atoms with E-state index in [-0.39, 0.29) is 36.3 Å². The smallest absolute Gasteiger partial charge is 0.315 e. The lowest BCUT2D eigenvalue weighted by Gasteiger charge is -2.32. The number of hydrogen-bond donors (Lipinski definition) is 1. The van der Waals surface area contributed by atoms with Gasteiger partial charge < -0.3 is 23.9 Å². The predicted molar refractivity (Wildman–Crippen MR) is 186 cm³/mol. The number of benzene rings is 1. The first-order valence-corrected chi connectivity index (χ1v) is 17.2. The van der Waals surface area contributed by atoms with Crippen LogP contribution in [0.15, 0.2) is 30.3 Å². The first-order valence-electron chi connectivity index (χ1n) is 15.6. The van der Waals surface area contributed by atoms with Crippen LogP contribution in [0.25, 0.3) is 0 Å². The predicted octanol–water partition coefficient (Wildman–Crippen LogP) is 6.91. The van der Waals surface area contributed by atoms with E-state index in [4.69, 9.17) is 14.3 Å². The van der Waals surface area contributed by atoms with Gasteiger partial charge in [-0.3, -0.25) is 9.59 Å². The SMILES string of the molecule is C=O.CCCC(C)(P)C(=O)OCC(O)COC(=O)CCSC(C)(C)CC(c1ccccc1)C(C)C.CCC[N+](C)(C)CC. The topological polar surface area (TPSA) is 89.9 Å². The first-order chi connectivity index (χ1) is 20.0. The summed E-state index contributed by atoms with van der Waals surface area (Å²) in [4.78, 5) is 32.2. The van der Waals surface area contributed by atoms with E-state index in [9.17, 15) is 14.7 Å². The molecule has 43 heavy (non-hydrogen) atoms. The molecule has 0 aliphatic rings. The highest BCUT2D eigenvalue weighted by Gasteiger charge is 2.29. The summed E-state index contributed by atoms with van der Waals surface area (Å²) in [5.41, 5.74) is 1.35. The average Bonchev–Trinajstić information content (AvgIpc) is 2.95. The van der Waals surface area contributed by atoms with E-state index >= 15 is 0 Å². The monoisotopic (exact) mass is 644 g/mol. The number of esters is 2. The van der Waals surface area contributed by atoms with Gasteiger partial charge in [0, 0.05) is 10.5 Å². The van der Waals surface area contributed by atoms with Crippen molar-refractivity contribution < 1.29 is 33.4 Å². The fourth-order valence-corrected chi connectivity index (χ4v) is 5.96. The lowest BCUT2D eigenvalue weighted by molar-refractivity contribution is -0.888. The highest BCUT2D eigenvalue weighted by atomic mass is 32.2. The van der Waals surface area contributed by atoms with E-state index in [0.717, 1.165) is 17.3 Å². The van der Waals surface area contributed by atoms with Crippen LogP contribution < -0.4 is 0 Å². The Morgan fingerprint density at radius 1 is 1.00 bits per heavy atom. The number of carbonyl (C=O) groups excluding carboxylic acids is 3. The maximum atomic E-state index is 12.1. The van der Waals surface area contributed by atoms with E-state index in [1.807, 2.05) is 19.8 Å². The molecule has 0 amide bonds. The Morgan fingerprint density at radius 2 is 1.56 bits per heavy atom. The molecule has 0 aromatic heterocycles. The fraction of sp³-hybridized carbons (Fsp3) is 0.735. The standard InChI is InChI=1S/C26H43O5PS.C7H18N.CH2O/c1-7-14-26(6,32)24(29)31-18-21(27)17-30-23(28)13-15-33-25(4,5)16-22(19(2)3)20-11-9-8-10-12-20;1-5-7-8(3,4)6-2;1-2/h8-12,19,21-22,27H,7,13-18,32H2,1-6H3;5-7H2,1-4H3;1H2/q;+1;. The molecule has 4 unspecified atom stereocenters. The summed E-state index contributed by atoms with van der Waals surface area (Å²) < 4.78 is 11.5. The summed E-state index contributed by atoms with van der Waals surface area (Å²) in [6.45, 7) is 21.4. The van der Waals surface area contributed by atoms with Gasteiger partial charge in [0.2, 0.25) is 0 Å². The third-order valence-corrected chi connectivity index (χ3v) is 9.19. The molecule has 1 rings (SSSR count). The van der Waals surface area contributed by atoms with Gasteiger partial charge in [0.25, 0.3) is 0 Å². The third-order valence-electron chi connectivity index (χ3n) is 7.31. The van der Waals surface area contributed by atoms with Gasteiger partial charge >= 0.3 is 11.9 Å². The van der Waals surface area contributed by atoms with Crippen LogP contribution in [0.4, 0.5) is 0 Å². The molecule has 1 aromatic carbocycles. The maximum absolute atomic E-state index is 12.1. The van der Waals surface area contributed by atoms with Gasteiger partial charge in [-0.25, -0.2) is 0 Å². The molecule has 0 bridgehead atoms. The van der Waals surface area contributed by atoms with Crippen molar-refractivity contribution in [2.75, 3.05) is 46.2 Å². The highest BCUT2D eigenvalue weighted by Crippen LogP contribution is 2.39. The van der Waals surface area contributed by atoms with Gasteiger partial charge in [-0.2, -0.15) is 11.8 Å². The maximum Gasteiger partial charge on any atom is 0.315 e. The van der Waals surface area contributed by atoms with E-state index in [2.05, 4.69) is 89.1 Å². The van der Waals surface area contributed by atoms with Crippen molar-refractivity contribution in [1.29, 1.82) is 0 Å². The van der Waals surface area contributed by atoms with Crippen molar-refractivity contribution in [1.82, 2.24) is 0 Å². The first kappa shape index (κ1) is 43.7. The number of rotatable bonds is 18. The second kappa shape index (κ2) is 23.0. The van der Waals surface area contributed by atoms with E-state index in [0.29, 0.717) is 24.0 Å². The summed E-state index contributed by atoms with van der Waals surface area (Å²) >= 11 is 1.77. The van der Waals surface area contributed by atoms with Crippen LogP contribution in [0.1, 0.15) is 99.0 Å². The zero-order valence-corrected chi connectivity index (χ0v) is 30.8. The number of quaternary nitrogens is 1. The molecule has 0 aliphatic heterocycles. The van der Waals surface area contributed by atoms with Gasteiger partial charge in [-0.05, 0) is 50.5 Å². The van der Waals surface area contributed by atoms with Crippen LogP contribution >= 0.6 is 21.0 Å². The number of nitrogens with zero attached hydrogens (tertiary/aromatic N) is 1. The molecule has 4 atom stereocenters. The zero-order chi connectivity index (χ0) is 33.7. The zero-order valence-electron chi connectivity index (χ0n) is 28.8. The Labute approximate surface area is 270 Å². The number of aliphatic hydroxyl groups excluding tert-OH is 1. The minimum atomic E-state index is -1.03. The Kier molecular flexibility index (Phi) is 23.3. The molecule has 1 N–H and O–H groups in total. The quantitative estimate of drug-likeness (QED) is 0.106. The van der Waals surface area contributed by atoms with Crippen LogP contribution in [0.3, 0.4) is 0 Å². The van der Waals surface area contributed by atoms with Crippen molar-refractivity contribution in [3.05, 3.63) is 35.9 Å². The molecule has 0 saturated carbocycles. The molecule has 0 saturated heterocycles. The molecule has 250 valence electrons. The van der Waals surface area contributed by atoms with Crippen molar-refractivity contribution in [2.45, 2.75) is 109 Å². The summed E-state index contributed by atoms with van der Waals surface area (Å²) in [6, 6.07) is 10.6. The molecule has 0 heterocycles. The average molecular weight is 645 g/mol. The Bertz CT molecular complexity index is 879. The normalized spacial score (nSPS) is 14.3. The van der Waals surface area contributed by atoms with Crippen LogP contribution in [-0.2, 0) is 23.9 Å². The molecule has 0 radical (unpaired) electrons. The van der Waals surface area contributed by atoms with Crippen LogP contribution in [0.5, 0.6) is 0 Å². The van der Waals surface area contributed by atoms with Crippen molar-refractivity contribution in [3.8, 4) is 0 Å². The molecule has 0 fully saturated rings. The largest absolute Gasteiger partial charge is 0.463 e. The Balaban J connectivity index is 0. The number of aliphatic hydroxyl groups is 1. The number of hydrogen-bond acceptors (Lipinski definition) is 7. The molecule has 7 nitrogen and oxygen atoms in total. The molecule has 9 heteroatoms. The number of carbonyl (C=O) groups is 3. The minimum Gasteiger partial charge on any atom is -0.463 e. The summed E-state index contributed by atoms with van der Waals surface area (Å²) in [6.07, 6.45) is 3.10. The van der Waals surface area contributed by atoms with Gasteiger partial charge in [-0.15, -0.1) is 9.24 Å². The van der Waals surface area contributed by atoms with Crippen LogP contribution in [0.2, 0.25) is 0 Å². The number of thioether (sulfide) groups is 1. The number of ether oxygens (including phenoxy) is 2. The Morgan fingerprint density at radius 3 is 2.02 bits per heavy atom. The van der Waals surface area contributed by atoms with Gasteiger partial charge in [0.15, 0.2) is 0 Å². The van der Waals surface area contributed by atoms with E-state index in [1.54, 1.807) is 18.7 Å². The summed E-state index contributed by atoms with van der Waals surface area (Å²) in [7, 11) is 7.04. The lowest BCUT2D eigenvalue weighted by Crippen LogP contribution is -2.39. The minimum absolute atomic E-state index is 0.0160. The molecular formula is C34H63NO6PS+. The van der Waals surface area contributed by atoms with Crippen molar-refractivity contribution in [2.24, 2.45) is 5.92 Å². The summed E-state index contributed by atoms with van der Waals surface area (Å²) in [5.74, 6) is 0.902. The third kappa shape index (κ3) is 21.0. The second-order valence-corrected chi connectivity index (χ2v) is 16.0. The van der Waals surface area contributed by atoms with Gasteiger partial charge in [-0.1, -0.05) is 78.3 Å². The highest BCUT2D eigenvalue weighted by molar-refractivity contribution is 8.00. The molecular weight excluding hydrogens is 581 g/mol. The fourth-order valence-electron chi connectivity index (χ4n) is 4.47. The van der Waals surface area contributed by atoms with E-state index < -0.39 is 11.3 Å². The van der Waals surface area contributed by atoms with Crippen LogP contribution in [0, 0.1) is 5.92 Å². The lowest BCUT2D eigenvalue weighted by atomic mass is 9.82. The molecule has 0 spiro atoms. The molecule has 0 aliphatic carbocycles. The molecule has 1 aromatic rings. The Hall–Kier alpha value is -1.47. The van der Waals surface area contributed by atoms with Gasteiger partial charge in [0.05, 0.1) is 38.8 Å². The second-order valence-electron chi connectivity index (χ2n) is 12.9. The van der Waals surface area contributed by atoms with Crippen molar-refractivity contribution in [3.63, 3.8) is 0 Å². The van der Waals surface area contributed by atoms with Crippen molar-refractivity contribution >= 4 is 39.7 Å². The summed E-state index contributed by atoms with van der Waals surface area (Å²) in [5, 5.41) is 9.33. The van der Waals surface area contributed by atoms with E-state index in [1.165, 1.54) is 25.1 Å². The van der Waals surface area contributed by atoms with Gasteiger partial charge in [0.1, 0.15) is 26.1 Å². The van der Waals surface area contributed by atoms with Crippen LogP contribution in [-0.4, -0.2) is 90.5 Å².